The van der Waals surface area contributed by atoms with Crippen molar-refractivity contribution in [2.75, 3.05) is 6.16 Å². The van der Waals surface area contributed by atoms with Crippen LogP contribution in [-0.4, -0.2) is 6.16 Å². The fourth-order valence-corrected chi connectivity index (χ4v) is 4.09. The summed E-state index contributed by atoms with van der Waals surface area (Å²) in [5, 5.41) is 0.848. The minimum Gasteiger partial charge on any atom is -0.440 e. The van der Waals surface area contributed by atoms with Gasteiger partial charge in [0.2, 0.25) is 0 Å². The van der Waals surface area contributed by atoms with Crippen molar-refractivity contribution < 1.29 is 9.09 Å². The molecule has 0 saturated carbocycles. The van der Waals surface area contributed by atoms with Crippen molar-refractivity contribution in [2.45, 2.75) is 20.8 Å². The molecule has 0 spiro atoms. The van der Waals surface area contributed by atoms with Gasteiger partial charge in [0.15, 0.2) is 0 Å². The monoisotopic (exact) mass is 248 g/mol. The average Bonchev–Trinajstić information content (AvgIpc) is 2.38. The molecule has 1 aliphatic rings. The summed E-state index contributed by atoms with van der Waals surface area (Å²) < 4.78 is 18.5. The second-order valence-corrected chi connectivity index (χ2v) is 6.60. The van der Waals surface area contributed by atoms with E-state index in [2.05, 4.69) is 0 Å². The zero-order chi connectivity index (χ0) is 12.5. The lowest BCUT2D eigenvalue weighted by atomic mass is 10.0. The van der Waals surface area contributed by atoms with Crippen LogP contribution in [-0.2, 0) is 9.09 Å². The molecule has 3 heteroatoms. The third-order valence-corrected chi connectivity index (χ3v) is 5.49. The number of hydrogen-bond donors (Lipinski definition) is 0. The zero-order valence-corrected chi connectivity index (χ0v) is 11.3. The predicted octanol–water partition coefficient (Wildman–Crippen LogP) is 3.95. The first-order valence-corrected chi connectivity index (χ1v) is 7.69. The Balaban J connectivity index is 2.74. The van der Waals surface area contributed by atoms with Crippen molar-refractivity contribution >= 4 is 18.2 Å². The predicted molar refractivity (Wildman–Crippen MR) is 72.7 cm³/mol. The molecular formula is C14H17O2P. The van der Waals surface area contributed by atoms with Crippen molar-refractivity contribution in [3.8, 4) is 0 Å². The summed E-state index contributed by atoms with van der Waals surface area (Å²) >= 11 is 0. The van der Waals surface area contributed by atoms with Gasteiger partial charge in [-0.15, -0.1) is 0 Å². The molecule has 17 heavy (non-hydrogen) atoms. The van der Waals surface area contributed by atoms with Gasteiger partial charge in [0.05, 0.1) is 5.30 Å². The molecule has 1 heterocycles. The van der Waals surface area contributed by atoms with E-state index in [-0.39, 0.29) is 0 Å². The van der Waals surface area contributed by atoms with Gasteiger partial charge >= 0.3 is 0 Å². The summed E-state index contributed by atoms with van der Waals surface area (Å²) in [5.41, 5.74) is 2.07. The van der Waals surface area contributed by atoms with Crippen LogP contribution < -0.4 is 5.30 Å². The number of allylic oxidation sites excluding steroid dienone is 3. The summed E-state index contributed by atoms with van der Waals surface area (Å²) in [6.45, 7) is 5.79. The molecule has 0 radical (unpaired) electrons. The number of benzene rings is 1. The quantitative estimate of drug-likeness (QED) is 0.703. The van der Waals surface area contributed by atoms with Gasteiger partial charge in [0.1, 0.15) is 5.76 Å². The Morgan fingerprint density at radius 2 is 1.94 bits per heavy atom. The fourth-order valence-electron chi connectivity index (χ4n) is 2.13. The van der Waals surface area contributed by atoms with Crippen LogP contribution >= 0.6 is 7.37 Å². The summed E-state index contributed by atoms with van der Waals surface area (Å²) in [4.78, 5) is 0. The highest BCUT2D eigenvalue weighted by Crippen LogP contribution is 2.54. The van der Waals surface area contributed by atoms with E-state index in [4.69, 9.17) is 4.52 Å². The van der Waals surface area contributed by atoms with Gasteiger partial charge in [0, 0.05) is 11.7 Å². The second-order valence-electron chi connectivity index (χ2n) is 3.95. The molecule has 1 unspecified atom stereocenters. The van der Waals surface area contributed by atoms with Crippen LogP contribution in [0.3, 0.4) is 0 Å². The fraction of sp³-hybridized carbons (Fsp3) is 0.286. The standard InChI is InChI=1S/C14H17O2P/c1-4-11-12-9-7-8-10-14(12)17(15,6-3)16-13(11)5-2/h4-5,7-10H,6H2,1-3H3/b11-4?,13-5+. The lowest BCUT2D eigenvalue weighted by Gasteiger charge is -2.29. The summed E-state index contributed by atoms with van der Waals surface area (Å²) in [6.07, 6.45) is 4.42. The van der Waals surface area contributed by atoms with Crippen molar-refractivity contribution in [2.24, 2.45) is 0 Å². The van der Waals surface area contributed by atoms with E-state index in [1.54, 1.807) is 0 Å². The van der Waals surface area contributed by atoms with Crippen LogP contribution in [0.25, 0.3) is 5.57 Å². The topological polar surface area (TPSA) is 26.3 Å². The van der Waals surface area contributed by atoms with E-state index >= 15 is 0 Å². The van der Waals surface area contributed by atoms with E-state index in [0.29, 0.717) is 6.16 Å². The SMILES string of the molecule is CC=C1/C(=C\C)OP(=O)(CC)c2ccccc21. The molecule has 0 aliphatic carbocycles. The molecule has 0 N–H and O–H groups in total. The maximum Gasteiger partial charge on any atom is 0.277 e. The smallest absolute Gasteiger partial charge is 0.277 e. The molecule has 1 aromatic carbocycles. The van der Waals surface area contributed by atoms with Gasteiger partial charge < -0.3 is 4.52 Å². The molecule has 1 aliphatic heterocycles. The van der Waals surface area contributed by atoms with Crippen LogP contribution in [0, 0.1) is 0 Å². The normalized spacial score (nSPS) is 27.9. The van der Waals surface area contributed by atoms with E-state index < -0.39 is 7.37 Å². The maximum absolute atomic E-state index is 12.8. The van der Waals surface area contributed by atoms with Crippen LogP contribution in [0.4, 0.5) is 0 Å². The summed E-state index contributed by atoms with van der Waals surface area (Å²) in [5.74, 6) is 0.733. The minimum atomic E-state index is -2.72. The first-order valence-electron chi connectivity index (χ1n) is 5.88. The van der Waals surface area contributed by atoms with Gasteiger partial charge in [-0.3, -0.25) is 4.57 Å². The number of rotatable bonds is 1. The van der Waals surface area contributed by atoms with Gasteiger partial charge in [-0.2, -0.15) is 0 Å². The molecule has 2 rings (SSSR count). The van der Waals surface area contributed by atoms with Gasteiger partial charge in [-0.1, -0.05) is 31.2 Å². The molecule has 0 amide bonds. The van der Waals surface area contributed by atoms with Gasteiger partial charge in [0.25, 0.3) is 7.37 Å². The Bertz CT molecular complexity index is 541. The Kier molecular flexibility index (Phi) is 3.26. The van der Waals surface area contributed by atoms with Crippen molar-refractivity contribution in [1.82, 2.24) is 0 Å². The molecule has 1 atom stereocenters. The largest absolute Gasteiger partial charge is 0.440 e. The minimum absolute atomic E-state index is 0.526. The highest BCUT2D eigenvalue weighted by molar-refractivity contribution is 7.67. The van der Waals surface area contributed by atoms with Crippen LogP contribution in [0.5, 0.6) is 0 Å². The lowest BCUT2D eigenvalue weighted by molar-refractivity contribution is 0.426. The zero-order valence-electron chi connectivity index (χ0n) is 10.4. The maximum atomic E-state index is 12.8. The van der Waals surface area contributed by atoms with E-state index in [9.17, 15) is 4.57 Å². The highest BCUT2D eigenvalue weighted by Gasteiger charge is 2.35. The van der Waals surface area contributed by atoms with E-state index in [1.165, 1.54) is 0 Å². The molecular weight excluding hydrogens is 231 g/mol. The van der Waals surface area contributed by atoms with Crippen LogP contribution in [0.1, 0.15) is 26.3 Å². The Morgan fingerprint density at radius 3 is 2.53 bits per heavy atom. The number of fused-ring (bicyclic) bond motifs is 1. The van der Waals surface area contributed by atoms with Crippen LogP contribution in [0.2, 0.25) is 0 Å². The van der Waals surface area contributed by atoms with E-state index in [1.807, 2.05) is 57.2 Å². The van der Waals surface area contributed by atoms with Crippen molar-refractivity contribution in [1.29, 1.82) is 0 Å². The van der Waals surface area contributed by atoms with E-state index in [0.717, 1.165) is 22.2 Å². The highest BCUT2D eigenvalue weighted by atomic mass is 31.2. The first-order chi connectivity index (χ1) is 8.16. The van der Waals surface area contributed by atoms with Crippen molar-refractivity contribution in [3.63, 3.8) is 0 Å². The molecule has 0 bridgehead atoms. The molecule has 2 nitrogen and oxygen atoms in total. The third kappa shape index (κ3) is 1.87. The van der Waals surface area contributed by atoms with Gasteiger partial charge in [-0.05, 0) is 31.6 Å². The third-order valence-electron chi connectivity index (χ3n) is 3.04. The van der Waals surface area contributed by atoms with Gasteiger partial charge in [-0.25, -0.2) is 0 Å². The lowest BCUT2D eigenvalue weighted by Crippen LogP contribution is -2.20. The molecule has 1 aromatic rings. The molecule has 0 saturated heterocycles. The van der Waals surface area contributed by atoms with Crippen LogP contribution in [0.15, 0.2) is 42.2 Å². The molecule has 0 aromatic heterocycles. The molecule has 0 fully saturated rings. The summed E-state index contributed by atoms with van der Waals surface area (Å²) in [6, 6.07) is 7.81. The first kappa shape index (κ1) is 12.2. The number of hydrogen-bond acceptors (Lipinski definition) is 2. The Labute approximate surface area is 102 Å². The Hall–Kier alpha value is -1.27. The Morgan fingerprint density at radius 1 is 1.24 bits per heavy atom. The van der Waals surface area contributed by atoms with Crippen molar-refractivity contribution in [3.05, 3.63) is 47.7 Å². The second kappa shape index (κ2) is 4.54. The summed E-state index contributed by atoms with van der Waals surface area (Å²) in [7, 11) is -2.72. The molecule has 90 valence electrons. The average molecular weight is 248 g/mol.